The molecule has 1 rings (SSSR count). The van der Waals surface area contributed by atoms with Gasteiger partial charge in [-0.25, -0.2) is 0 Å². The zero-order valence-corrected chi connectivity index (χ0v) is 9.88. The molecule has 0 aliphatic rings. The Bertz CT molecular complexity index is 326. The van der Waals surface area contributed by atoms with Gasteiger partial charge in [-0.15, -0.1) is 0 Å². The molecule has 0 atom stereocenters. The standard InChI is InChI=1S/C13H21NO/c1-13(2,3)9-10-4-5-12(15)11(8-10)6-7-14/h4-5,8,15H,6-7,9,14H2,1-3H3. The van der Waals surface area contributed by atoms with Crippen molar-refractivity contribution in [3.05, 3.63) is 29.3 Å². The van der Waals surface area contributed by atoms with Gasteiger partial charge in [0.2, 0.25) is 0 Å². The van der Waals surface area contributed by atoms with Gasteiger partial charge in [0, 0.05) is 0 Å². The van der Waals surface area contributed by atoms with E-state index in [1.54, 1.807) is 6.07 Å². The molecule has 0 spiro atoms. The van der Waals surface area contributed by atoms with Crippen molar-refractivity contribution in [3.8, 4) is 5.75 Å². The fourth-order valence-corrected chi connectivity index (χ4v) is 1.72. The van der Waals surface area contributed by atoms with Crippen LogP contribution in [0.4, 0.5) is 0 Å². The van der Waals surface area contributed by atoms with Gasteiger partial charge in [-0.3, -0.25) is 0 Å². The fraction of sp³-hybridized carbons (Fsp3) is 0.538. The number of nitrogens with two attached hydrogens (primary N) is 1. The molecule has 1 aromatic carbocycles. The number of aromatic hydroxyl groups is 1. The average molecular weight is 207 g/mol. The first-order chi connectivity index (χ1) is 6.92. The molecule has 0 radical (unpaired) electrons. The van der Waals surface area contributed by atoms with E-state index in [0.717, 1.165) is 18.4 Å². The van der Waals surface area contributed by atoms with Crippen molar-refractivity contribution < 1.29 is 5.11 Å². The van der Waals surface area contributed by atoms with Crippen LogP contribution < -0.4 is 5.73 Å². The van der Waals surface area contributed by atoms with Crippen molar-refractivity contribution in [2.45, 2.75) is 33.6 Å². The van der Waals surface area contributed by atoms with Crippen molar-refractivity contribution >= 4 is 0 Å². The van der Waals surface area contributed by atoms with Gasteiger partial charge in [-0.05, 0) is 42.0 Å². The molecule has 0 amide bonds. The summed E-state index contributed by atoms with van der Waals surface area (Å²) >= 11 is 0. The molecule has 0 aromatic heterocycles. The van der Waals surface area contributed by atoms with Crippen LogP contribution in [-0.2, 0) is 12.8 Å². The first-order valence-electron chi connectivity index (χ1n) is 5.43. The number of hydrogen-bond donors (Lipinski definition) is 2. The third-order valence-corrected chi connectivity index (χ3v) is 2.29. The van der Waals surface area contributed by atoms with E-state index in [0.29, 0.717) is 12.3 Å². The van der Waals surface area contributed by atoms with E-state index in [4.69, 9.17) is 5.73 Å². The van der Waals surface area contributed by atoms with Crippen molar-refractivity contribution in [1.29, 1.82) is 0 Å². The lowest BCUT2D eigenvalue weighted by Gasteiger charge is -2.18. The molecule has 0 aliphatic carbocycles. The smallest absolute Gasteiger partial charge is 0.118 e. The van der Waals surface area contributed by atoms with Crippen molar-refractivity contribution in [2.24, 2.45) is 11.1 Å². The zero-order valence-electron chi connectivity index (χ0n) is 9.88. The Morgan fingerprint density at radius 1 is 1.27 bits per heavy atom. The number of rotatable bonds is 3. The van der Waals surface area contributed by atoms with Crippen LogP contribution in [0.5, 0.6) is 5.75 Å². The molecule has 0 saturated carbocycles. The maximum absolute atomic E-state index is 9.61. The van der Waals surface area contributed by atoms with E-state index < -0.39 is 0 Å². The van der Waals surface area contributed by atoms with E-state index in [-0.39, 0.29) is 5.41 Å². The zero-order chi connectivity index (χ0) is 11.5. The first-order valence-corrected chi connectivity index (χ1v) is 5.43. The Labute approximate surface area is 92.1 Å². The molecular weight excluding hydrogens is 186 g/mol. The second kappa shape index (κ2) is 4.67. The van der Waals surface area contributed by atoms with E-state index >= 15 is 0 Å². The minimum absolute atomic E-state index is 0.275. The van der Waals surface area contributed by atoms with Gasteiger partial charge in [0.05, 0.1) is 0 Å². The summed E-state index contributed by atoms with van der Waals surface area (Å²) in [6.45, 7) is 7.21. The maximum Gasteiger partial charge on any atom is 0.118 e. The molecule has 0 saturated heterocycles. The molecule has 2 nitrogen and oxygen atoms in total. The SMILES string of the molecule is CC(C)(C)Cc1ccc(O)c(CCN)c1. The lowest BCUT2D eigenvalue weighted by atomic mass is 9.87. The van der Waals surface area contributed by atoms with Crippen molar-refractivity contribution in [1.82, 2.24) is 0 Å². The predicted octanol–water partition coefficient (Wildman–Crippen LogP) is 2.48. The van der Waals surface area contributed by atoms with Crippen LogP contribution in [0, 0.1) is 5.41 Å². The summed E-state index contributed by atoms with van der Waals surface area (Å²) < 4.78 is 0. The highest BCUT2D eigenvalue weighted by atomic mass is 16.3. The van der Waals surface area contributed by atoms with E-state index in [2.05, 4.69) is 26.8 Å². The summed E-state index contributed by atoms with van der Waals surface area (Å²) in [5, 5.41) is 9.61. The minimum Gasteiger partial charge on any atom is -0.508 e. The second-order valence-electron chi connectivity index (χ2n) is 5.24. The van der Waals surface area contributed by atoms with Crippen LogP contribution in [0.1, 0.15) is 31.9 Å². The van der Waals surface area contributed by atoms with Crippen LogP contribution in [0.25, 0.3) is 0 Å². The van der Waals surface area contributed by atoms with E-state index in [9.17, 15) is 5.11 Å². The normalized spacial score (nSPS) is 11.7. The van der Waals surface area contributed by atoms with E-state index in [1.807, 2.05) is 6.07 Å². The van der Waals surface area contributed by atoms with Crippen LogP contribution in [0.3, 0.4) is 0 Å². The van der Waals surface area contributed by atoms with Gasteiger partial charge in [-0.1, -0.05) is 32.9 Å². The second-order valence-corrected chi connectivity index (χ2v) is 5.24. The molecule has 0 heterocycles. The van der Waals surface area contributed by atoms with Gasteiger partial charge >= 0.3 is 0 Å². The van der Waals surface area contributed by atoms with Crippen LogP contribution in [-0.4, -0.2) is 11.7 Å². The van der Waals surface area contributed by atoms with Crippen LogP contribution in [0.2, 0.25) is 0 Å². The summed E-state index contributed by atoms with van der Waals surface area (Å²) in [5.41, 5.74) is 8.00. The molecule has 15 heavy (non-hydrogen) atoms. The lowest BCUT2D eigenvalue weighted by molar-refractivity contribution is 0.410. The molecule has 0 aliphatic heterocycles. The quantitative estimate of drug-likeness (QED) is 0.800. The molecule has 2 heteroatoms. The van der Waals surface area contributed by atoms with Gasteiger partial charge < -0.3 is 10.8 Å². The Kier molecular flexibility index (Phi) is 3.75. The summed E-state index contributed by atoms with van der Waals surface area (Å²) in [6, 6.07) is 5.82. The third-order valence-electron chi connectivity index (χ3n) is 2.29. The Morgan fingerprint density at radius 3 is 2.47 bits per heavy atom. The predicted molar refractivity (Wildman–Crippen MR) is 64.0 cm³/mol. The highest BCUT2D eigenvalue weighted by Gasteiger charge is 2.12. The molecule has 3 N–H and O–H groups in total. The van der Waals surface area contributed by atoms with Crippen molar-refractivity contribution in [2.75, 3.05) is 6.54 Å². The van der Waals surface area contributed by atoms with Gasteiger partial charge in [0.15, 0.2) is 0 Å². The van der Waals surface area contributed by atoms with Crippen LogP contribution in [0.15, 0.2) is 18.2 Å². The third kappa shape index (κ3) is 3.92. The molecular formula is C13H21NO. The summed E-state index contributed by atoms with van der Waals surface area (Å²) in [7, 11) is 0. The monoisotopic (exact) mass is 207 g/mol. The molecule has 0 unspecified atom stereocenters. The average Bonchev–Trinajstić information content (AvgIpc) is 2.09. The maximum atomic E-state index is 9.61. The van der Waals surface area contributed by atoms with E-state index in [1.165, 1.54) is 5.56 Å². The highest BCUT2D eigenvalue weighted by Crippen LogP contribution is 2.24. The first kappa shape index (κ1) is 12.1. The molecule has 1 aromatic rings. The number of hydrogen-bond acceptors (Lipinski definition) is 2. The lowest BCUT2D eigenvalue weighted by Crippen LogP contribution is -2.10. The topological polar surface area (TPSA) is 46.2 Å². The Balaban J connectivity index is 2.87. The number of benzene rings is 1. The summed E-state index contributed by atoms with van der Waals surface area (Å²) in [4.78, 5) is 0. The number of phenolic OH excluding ortho intramolecular Hbond substituents is 1. The summed E-state index contributed by atoms with van der Waals surface area (Å²) in [5.74, 6) is 0.359. The Morgan fingerprint density at radius 2 is 1.93 bits per heavy atom. The number of phenols is 1. The largest absolute Gasteiger partial charge is 0.508 e. The van der Waals surface area contributed by atoms with Gasteiger partial charge in [0.1, 0.15) is 5.75 Å². The molecule has 0 fully saturated rings. The van der Waals surface area contributed by atoms with Gasteiger partial charge in [0.25, 0.3) is 0 Å². The summed E-state index contributed by atoms with van der Waals surface area (Å²) in [6.07, 6.45) is 1.76. The van der Waals surface area contributed by atoms with Gasteiger partial charge in [-0.2, -0.15) is 0 Å². The highest BCUT2D eigenvalue weighted by molar-refractivity contribution is 5.36. The van der Waals surface area contributed by atoms with Crippen molar-refractivity contribution in [3.63, 3.8) is 0 Å². The van der Waals surface area contributed by atoms with Crippen LogP contribution >= 0.6 is 0 Å². The fourth-order valence-electron chi connectivity index (χ4n) is 1.72. The minimum atomic E-state index is 0.275. The Hall–Kier alpha value is -1.02. The molecule has 84 valence electrons. The molecule has 0 bridgehead atoms.